The van der Waals surface area contributed by atoms with Crippen LogP contribution >= 0.6 is 11.3 Å². The molecule has 2 heterocycles. The first-order valence-corrected chi connectivity index (χ1v) is 12.1. The maximum absolute atomic E-state index is 5.23. The van der Waals surface area contributed by atoms with Crippen molar-refractivity contribution in [1.82, 2.24) is 4.98 Å². The molecular weight excluding hydrogens is 406 g/mol. The van der Waals surface area contributed by atoms with E-state index in [0.29, 0.717) is 5.92 Å². The normalized spacial score (nSPS) is 12.0. The van der Waals surface area contributed by atoms with Crippen LogP contribution in [0.5, 0.6) is 0 Å². The lowest BCUT2D eigenvalue weighted by Crippen LogP contribution is -1.99. The number of aryl methyl sites for hydroxylation is 1. The summed E-state index contributed by atoms with van der Waals surface area (Å²) in [6.07, 6.45) is 1.04. The highest BCUT2D eigenvalue weighted by atomic mass is 32.1. The molecule has 0 unspecified atom stereocenters. The first-order valence-electron chi connectivity index (χ1n) is 11.3. The van der Waals surface area contributed by atoms with Gasteiger partial charge in [0.15, 0.2) is 0 Å². The predicted molar refractivity (Wildman–Crippen MR) is 141 cm³/mol. The summed E-state index contributed by atoms with van der Waals surface area (Å²) in [5.41, 5.74) is 6.10. The fourth-order valence-corrected chi connectivity index (χ4v) is 6.20. The fraction of sp³-hybridized carbons (Fsp3) is 0.167. The highest BCUT2D eigenvalue weighted by Crippen LogP contribution is 2.41. The van der Waals surface area contributed by atoms with E-state index in [1.54, 1.807) is 0 Å². The lowest BCUT2D eigenvalue weighted by molar-refractivity contribution is 0.650. The largest absolute Gasteiger partial charge is 0.248 e. The molecule has 0 aliphatic carbocycles. The van der Waals surface area contributed by atoms with Crippen LogP contribution in [-0.4, -0.2) is 4.98 Å². The zero-order valence-electron chi connectivity index (χ0n) is 18.6. The second-order valence-electron chi connectivity index (χ2n) is 9.23. The molecule has 0 radical (unpaired) electrons. The van der Waals surface area contributed by atoms with Crippen LogP contribution < -0.4 is 0 Å². The Morgan fingerprint density at radius 1 is 0.812 bits per heavy atom. The molecule has 0 bridgehead atoms. The molecule has 2 aromatic heterocycles. The van der Waals surface area contributed by atoms with Gasteiger partial charge in [0.25, 0.3) is 0 Å². The zero-order chi connectivity index (χ0) is 21.8. The van der Waals surface area contributed by atoms with Gasteiger partial charge in [-0.2, -0.15) is 0 Å². The lowest BCUT2D eigenvalue weighted by atomic mass is 9.93. The van der Waals surface area contributed by atoms with Crippen LogP contribution in [0.3, 0.4) is 0 Å². The number of fused-ring (bicyclic) bond motifs is 6. The van der Waals surface area contributed by atoms with Crippen LogP contribution in [0.15, 0.2) is 78.9 Å². The second-order valence-corrected chi connectivity index (χ2v) is 10.3. The van der Waals surface area contributed by atoms with Crippen molar-refractivity contribution in [3.8, 4) is 11.3 Å². The van der Waals surface area contributed by atoms with Crippen LogP contribution in [-0.2, 0) is 6.42 Å². The average Bonchev–Trinajstić information content (AvgIpc) is 3.16. The molecule has 0 aliphatic heterocycles. The Morgan fingerprint density at radius 2 is 1.59 bits per heavy atom. The van der Waals surface area contributed by atoms with Crippen molar-refractivity contribution < 1.29 is 0 Å². The van der Waals surface area contributed by atoms with Crippen LogP contribution in [0.1, 0.15) is 25.0 Å². The standard InChI is InChI=1S/C30H25NS/c1-18(2)14-21-17-27(31-26-13-12-20-8-4-5-9-22(20)29(21)26)25-16-19(3)15-24-23-10-6-7-11-28(23)32-30(24)25/h4-13,15-18H,14H2,1-3H3. The molecule has 0 saturated heterocycles. The summed E-state index contributed by atoms with van der Waals surface area (Å²) in [4.78, 5) is 5.23. The number of hydrogen-bond acceptors (Lipinski definition) is 2. The molecule has 0 saturated carbocycles. The molecule has 0 fully saturated rings. The summed E-state index contributed by atoms with van der Waals surface area (Å²) in [6, 6.07) is 28.8. The van der Waals surface area contributed by atoms with Gasteiger partial charge in [0.2, 0.25) is 0 Å². The van der Waals surface area contributed by atoms with Crippen molar-refractivity contribution >= 4 is 53.2 Å². The van der Waals surface area contributed by atoms with Crippen LogP contribution in [0.4, 0.5) is 0 Å². The molecule has 0 atom stereocenters. The molecule has 1 nitrogen and oxygen atoms in total. The van der Waals surface area contributed by atoms with Gasteiger partial charge in [0.05, 0.1) is 11.2 Å². The number of thiophene rings is 1. The van der Waals surface area contributed by atoms with Crippen LogP contribution in [0.25, 0.3) is 53.1 Å². The minimum atomic E-state index is 0.578. The summed E-state index contributed by atoms with van der Waals surface area (Å²) < 4.78 is 2.67. The molecule has 6 rings (SSSR count). The summed E-state index contributed by atoms with van der Waals surface area (Å²) >= 11 is 1.88. The Labute approximate surface area is 192 Å². The quantitative estimate of drug-likeness (QED) is 0.255. The average molecular weight is 432 g/mol. The van der Waals surface area contributed by atoms with Gasteiger partial charge in [-0.1, -0.05) is 62.4 Å². The van der Waals surface area contributed by atoms with E-state index in [0.717, 1.165) is 17.6 Å². The topological polar surface area (TPSA) is 12.9 Å². The number of benzene rings is 4. The molecule has 0 N–H and O–H groups in total. The van der Waals surface area contributed by atoms with Gasteiger partial charge in [-0.05, 0) is 71.5 Å². The maximum Gasteiger partial charge on any atom is 0.0727 e. The minimum absolute atomic E-state index is 0.578. The molecule has 2 heteroatoms. The fourth-order valence-electron chi connectivity index (χ4n) is 4.99. The number of aromatic nitrogens is 1. The Kier molecular flexibility index (Phi) is 4.51. The molecule has 4 aromatic carbocycles. The molecule has 156 valence electrons. The molecule has 32 heavy (non-hydrogen) atoms. The summed E-state index contributed by atoms with van der Waals surface area (Å²) in [5, 5.41) is 6.57. The third kappa shape index (κ3) is 3.10. The van der Waals surface area contributed by atoms with Crippen LogP contribution in [0, 0.1) is 12.8 Å². The summed E-state index contributed by atoms with van der Waals surface area (Å²) in [5.74, 6) is 0.578. The van der Waals surface area contributed by atoms with E-state index < -0.39 is 0 Å². The first kappa shape index (κ1) is 19.5. The van der Waals surface area contributed by atoms with Gasteiger partial charge in [0, 0.05) is 31.1 Å². The minimum Gasteiger partial charge on any atom is -0.248 e. The summed E-state index contributed by atoms with van der Waals surface area (Å²) in [6.45, 7) is 6.79. The Hall–Kier alpha value is -3.23. The summed E-state index contributed by atoms with van der Waals surface area (Å²) in [7, 11) is 0. The molecular formula is C30H25NS. The van der Waals surface area contributed by atoms with Gasteiger partial charge in [0.1, 0.15) is 0 Å². The van der Waals surface area contributed by atoms with Crippen molar-refractivity contribution in [2.75, 3.05) is 0 Å². The van der Waals surface area contributed by atoms with E-state index in [9.17, 15) is 0 Å². The van der Waals surface area contributed by atoms with E-state index in [1.165, 1.54) is 53.0 Å². The van der Waals surface area contributed by atoms with Gasteiger partial charge in [-0.3, -0.25) is 0 Å². The van der Waals surface area contributed by atoms with Gasteiger partial charge >= 0.3 is 0 Å². The van der Waals surface area contributed by atoms with Crippen molar-refractivity contribution in [3.63, 3.8) is 0 Å². The Balaban J connectivity index is 1.70. The lowest BCUT2D eigenvalue weighted by Gasteiger charge is -2.15. The smallest absolute Gasteiger partial charge is 0.0727 e. The number of pyridine rings is 1. The van der Waals surface area contributed by atoms with E-state index in [-0.39, 0.29) is 0 Å². The number of rotatable bonds is 3. The number of hydrogen-bond donors (Lipinski definition) is 0. The van der Waals surface area contributed by atoms with Gasteiger partial charge in [-0.15, -0.1) is 11.3 Å². The van der Waals surface area contributed by atoms with Crippen LogP contribution in [0.2, 0.25) is 0 Å². The van der Waals surface area contributed by atoms with Crippen molar-refractivity contribution in [2.24, 2.45) is 5.92 Å². The first-order chi connectivity index (χ1) is 15.6. The van der Waals surface area contributed by atoms with E-state index in [2.05, 4.69) is 99.6 Å². The third-order valence-corrected chi connectivity index (χ3v) is 7.53. The third-order valence-electron chi connectivity index (χ3n) is 6.31. The molecule has 0 spiro atoms. The van der Waals surface area contributed by atoms with Gasteiger partial charge in [-0.25, -0.2) is 4.98 Å². The van der Waals surface area contributed by atoms with Crippen molar-refractivity contribution in [3.05, 3.63) is 90.0 Å². The Morgan fingerprint density at radius 3 is 2.44 bits per heavy atom. The van der Waals surface area contributed by atoms with Crippen molar-refractivity contribution in [1.29, 1.82) is 0 Å². The zero-order valence-corrected chi connectivity index (χ0v) is 19.5. The van der Waals surface area contributed by atoms with E-state index in [4.69, 9.17) is 4.98 Å². The van der Waals surface area contributed by atoms with Crippen molar-refractivity contribution in [2.45, 2.75) is 27.2 Å². The van der Waals surface area contributed by atoms with E-state index >= 15 is 0 Å². The van der Waals surface area contributed by atoms with E-state index in [1.807, 2.05) is 11.3 Å². The molecule has 0 amide bonds. The molecule has 0 aliphatic rings. The number of nitrogens with zero attached hydrogens (tertiary/aromatic N) is 1. The second kappa shape index (κ2) is 7.43. The predicted octanol–water partition coefficient (Wildman–Crippen LogP) is 8.93. The molecule has 6 aromatic rings. The Bertz CT molecular complexity index is 1640. The van der Waals surface area contributed by atoms with Gasteiger partial charge < -0.3 is 0 Å². The maximum atomic E-state index is 5.23. The SMILES string of the molecule is Cc1cc(-c2cc(CC(C)C)c3c(ccc4ccccc43)n2)c2sc3ccccc3c2c1. The monoisotopic (exact) mass is 431 g/mol. The highest BCUT2D eigenvalue weighted by Gasteiger charge is 2.16. The highest BCUT2D eigenvalue weighted by molar-refractivity contribution is 7.26.